The highest BCUT2D eigenvalue weighted by molar-refractivity contribution is 7.22. The number of hydrogen-bond acceptors (Lipinski definition) is 4. The van der Waals surface area contributed by atoms with Crippen LogP contribution in [-0.4, -0.2) is 11.6 Å². The summed E-state index contributed by atoms with van der Waals surface area (Å²) >= 11 is 7.85. The smallest absolute Gasteiger partial charge is 0.184 e. The van der Waals surface area contributed by atoms with Crippen molar-refractivity contribution in [1.82, 2.24) is 4.98 Å². The number of halogens is 1. The molecule has 0 radical (unpaired) electrons. The zero-order valence-electron chi connectivity index (χ0n) is 11.6. The number of benzene rings is 2. The van der Waals surface area contributed by atoms with Crippen LogP contribution in [0.4, 0.5) is 5.13 Å². The zero-order valence-corrected chi connectivity index (χ0v) is 13.2. The molecule has 3 aromatic rings. The van der Waals surface area contributed by atoms with Gasteiger partial charge in [0, 0.05) is 12.6 Å². The van der Waals surface area contributed by atoms with Crippen molar-refractivity contribution < 1.29 is 4.74 Å². The lowest BCUT2D eigenvalue weighted by Crippen LogP contribution is -1.98. The third-order valence-corrected chi connectivity index (χ3v) is 4.27. The van der Waals surface area contributed by atoms with Gasteiger partial charge in [0.25, 0.3) is 0 Å². The molecule has 0 saturated carbocycles. The molecule has 3 rings (SSSR count). The topological polar surface area (TPSA) is 34.1 Å². The first kappa shape index (κ1) is 14.2. The van der Waals surface area contributed by atoms with Crippen LogP contribution in [0.15, 0.2) is 42.5 Å². The lowest BCUT2D eigenvalue weighted by Gasteiger charge is -2.02. The van der Waals surface area contributed by atoms with Gasteiger partial charge in [-0.3, -0.25) is 0 Å². The molecule has 108 valence electrons. The van der Waals surface area contributed by atoms with E-state index in [0.29, 0.717) is 11.6 Å². The van der Waals surface area contributed by atoms with Gasteiger partial charge in [0.2, 0.25) is 0 Å². The van der Waals surface area contributed by atoms with Gasteiger partial charge in [-0.05, 0) is 18.6 Å². The Balaban J connectivity index is 1.82. The Hall–Kier alpha value is -1.78. The van der Waals surface area contributed by atoms with Gasteiger partial charge in [0.1, 0.15) is 11.3 Å². The monoisotopic (exact) mass is 318 g/mol. The van der Waals surface area contributed by atoms with Crippen LogP contribution in [0.5, 0.6) is 5.75 Å². The van der Waals surface area contributed by atoms with Crippen LogP contribution < -0.4 is 10.1 Å². The molecule has 0 saturated heterocycles. The van der Waals surface area contributed by atoms with Gasteiger partial charge in [-0.15, -0.1) is 0 Å². The van der Waals surface area contributed by atoms with Crippen LogP contribution in [0.2, 0.25) is 5.02 Å². The number of nitrogens with one attached hydrogen (secondary N) is 1. The molecule has 1 N–H and O–H groups in total. The molecule has 0 atom stereocenters. The van der Waals surface area contributed by atoms with Crippen molar-refractivity contribution in [3.8, 4) is 5.75 Å². The number of ether oxygens (including phenoxy) is 1. The Kier molecular flexibility index (Phi) is 4.27. The third-order valence-electron chi connectivity index (χ3n) is 3.02. The minimum atomic E-state index is 0.625. The molecular weight excluding hydrogens is 304 g/mol. The second-order valence-electron chi connectivity index (χ2n) is 4.54. The Morgan fingerprint density at radius 3 is 2.81 bits per heavy atom. The fraction of sp³-hybridized carbons (Fsp3) is 0.188. The van der Waals surface area contributed by atoms with E-state index in [9.17, 15) is 0 Å². The van der Waals surface area contributed by atoms with E-state index in [1.54, 1.807) is 11.3 Å². The number of thiazole rings is 1. The summed E-state index contributed by atoms with van der Waals surface area (Å²) in [5, 5.41) is 4.83. The molecule has 0 bridgehead atoms. The van der Waals surface area contributed by atoms with E-state index in [4.69, 9.17) is 16.3 Å². The molecule has 21 heavy (non-hydrogen) atoms. The molecule has 0 unspecified atom stereocenters. The molecule has 3 nitrogen and oxygen atoms in total. The van der Waals surface area contributed by atoms with Gasteiger partial charge in [-0.2, -0.15) is 0 Å². The average Bonchev–Trinajstić information content (AvgIpc) is 2.90. The Morgan fingerprint density at radius 2 is 2.05 bits per heavy atom. The van der Waals surface area contributed by atoms with Crippen LogP contribution in [-0.2, 0) is 6.54 Å². The number of hydrogen-bond donors (Lipinski definition) is 1. The van der Waals surface area contributed by atoms with Crippen LogP contribution in [0.1, 0.15) is 12.5 Å². The van der Waals surface area contributed by atoms with Crippen molar-refractivity contribution in [2.75, 3.05) is 11.9 Å². The highest BCUT2D eigenvalue weighted by Gasteiger charge is 2.09. The molecule has 5 heteroatoms. The maximum absolute atomic E-state index is 6.26. The second kappa shape index (κ2) is 6.33. The third kappa shape index (κ3) is 3.28. The number of rotatable bonds is 5. The number of aromatic nitrogens is 1. The quantitative estimate of drug-likeness (QED) is 0.722. The maximum Gasteiger partial charge on any atom is 0.184 e. The summed E-state index contributed by atoms with van der Waals surface area (Å²) in [5.41, 5.74) is 2.04. The van der Waals surface area contributed by atoms with E-state index in [2.05, 4.69) is 22.4 Å². The molecule has 0 aliphatic heterocycles. The lowest BCUT2D eigenvalue weighted by molar-refractivity contribution is 0.341. The van der Waals surface area contributed by atoms with Crippen LogP contribution in [0.25, 0.3) is 10.2 Å². The second-order valence-corrected chi connectivity index (χ2v) is 5.98. The summed E-state index contributed by atoms with van der Waals surface area (Å²) in [4.78, 5) is 4.55. The predicted molar refractivity (Wildman–Crippen MR) is 89.6 cm³/mol. The zero-order chi connectivity index (χ0) is 14.7. The normalized spacial score (nSPS) is 10.8. The van der Waals surface area contributed by atoms with Crippen LogP contribution in [0, 0.1) is 0 Å². The van der Waals surface area contributed by atoms with Crippen LogP contribution >= 0.6 is 22.9 Å². The van der Waals surface area contributed by atoms with Gasteiger partial charge in [0.05, 0.1) is 16.3 Å². The standard InChI is InChI=1S/C16H15ClN2OS/c1-2-20-12-8-13(17)15-14(9-12)21-16(19-15)18-10-11-6-4-3-5-7-11/h3-9H,2,10H2,1H3,(H,18,19). The van der Waals surface area contributed by atoms with E-state index in [-0.39, 0.29) is 0 Å². The summed E-state index contributed by atoms with van der Waals surface area (Å²) in [6, 6.07) is 14.0. The summed E-state index contributed by atoms with van der Waals surface area (Å²) in [5.74, 6) is 0.785. The van der Waals surface area contributed by atoms with E-state index in [1.165, 1.54) is 5.56 Å². The summed E-state index contributed by atoms with van der Waals surface area (Å²) in [6.07, 6.45) is 0. The van der Waals surface area contributed by atoms with Crippen molar-refractivity contribution in [2.24, 2.45) is 0 Å². The van der Waals surface area contributed by atoms with Crippen molar-refractivity contribution in [1.29, 1.82) is 0 Å². The number of nitrogens with zero attached hydrogens (tertiary/aromatic N) is 1. The van der Waals surface area contributed by atoms with Gasteiger partial charge in [-0.1, -0.05) is 53.3 Å². The van der Waals surface area contributed by atoms with Crippen molar-refractivity contribution in [2.45, 2.75) is 13.5 Å². The van der Waals surface area contributed by atoms with E-state index >= 15 is 0 Å². The van der Waals surface area contributed by atoms with Gasteiger partial charge in [-0.25, -0.2) is 4.98 Å². The van der Waals surface area contributed by atoms with Gasteiger partial charge in [0.15, 0.2) is 5.13 Å². The average molecular weight is 319 g/mol. The summed E-state index contributed by atoms with van der Waals surface area (Å²) < 4.78 is 6.54. The molecule has 1 heterocycles. The van der Waals surface area contributed by atoms with Gasteiger partial charge >= 0.3 is 0 Å². The fourth-order valence-corrected chi connectivity index (χ4v) is 3.29. The minimum Gasteiger partial charge on any atom is -0.494 e. The van der Waals surface area contributed by atoms with Crippen molar-refractivity contribution in [3.05, 3.63) is 53.1 Å². The molecule has 0 amide bonds. The van der Waals surface area contributed by atoms with E-state index in [1.807, 2.05) is 37.3 Å². The van der Waals surface area contributed by atoms with Crippen molar-refractivity contribution in [3.63, 3.8) is 0 Å². The van der Waals surface area contributed by atoms with Gasteiger partial charge < -0.3 is 10.1 Å². The Bertz CT molecular complexity index is 743. The number of anilines is 1. The molecule has 0 aliphatic rings. The lowest BCUT2D eigenvalue weighted by atomic mass is 10.2. The SMILES string of the molecule is CCOc1cc(Cl)c2nc(NCc3ccccc3)sc2c1. The Morgan fingerprint density at radius 1 is 1.24 bits per heavy atom. The predicted octanol–water partition coefficient (Wildman–Crippen LogP) is 4.96. The molecule has 0 aliphatic carbocycles. The molecule has 2 aromatic carbocycles. The molecule has 0 spiro atoms. The first-order valence-corrected chi connectivity index (χ1v) is 7.96. The maximum atomic E-state index is 6.26. The first-order valence-electron chi connectivity index (χ1n) is 6.77. The molecule has 0 fully saturated rings. The largest absolute Gasteiger partial charge is 0.494 e. The highest BCUT2D eigenvalue weighted by atomic mass is 35.5. The van der Waals surface area contributed by atoms with E-state index in [0.717, 1.165) is 27.6 Å². The van der Waals surface area contributed by atoms with Crippen LogP contribution in [0.3, 0.4) is 0 Å². The first-order chi connectivity index (χ1) is 10.3. The Labute approximate surface area is 132 Å². The number of fused-ring (bicyclic) bond motifs is 1. The molecular formula is C16H15ClN2OS. The minimum absolute atomic E-state index is 0.625. The highest BCUT2D eigenvalue weighted by Crippen LogP contribution is 2.34. The van der Waals surface area contributed by atoms with E-state index < -0.39 is 0 Å². The molecule has 1 aromatic heterocycles. The summed E-state index contributed by atoms with van der Waals surface area (Å²) in [6.45, 7) is 3.33. The van der Waals surface area contributed by atoms with Crippen molar-refractivity contribution >= 4 is 38.3 Å². The summed E-state index contributed by atoms with van der Waals surface area (Å²) in [7, 11) is 0. The fourth-order valence-electron chi connectivity index (χ4n) is 2.06.